The molecule has 1 aliphatic heterocycles. The Balaban J connectivity index is 2.82. The van der Waals surface area contributed by atoms with Crippen LogP contribution in [-0.4, -0.2) is 36.6 Å². The second-order valence-electron chi connectivity index (χ2n) is 7.14. The van der Waals surface area contributed by atoms with Crippen molar-refractivity contribution in [3.8, 4) is 0 Å². The van der Waals surface area contributed by atoms with Crippen LogP contribution in [0.2, 0.25) is 0 Å². The number of hydrogen-bond acceptors (Lipinski definition) is 2. The summed E-state index contributed by atoms with van der Waals surface area (Å²) in [6.45, 7) is 14.4. The summed E-state index contributed by atoms with van der Waals surface area (Å²) in [5, 5.41) is 3.56. The van der Waals surface area contributed by atoms with Gasteiger partial charge in [0, 0.05) is 11.6 Å². The predicted molar refractivity (Wildman–Crippen MR) is 76.4 cm³/mol. The van der Waals surface area contributed by atoms with Crippen molar-refractivity contribution in [1.29, 1.82) is 0 Å². The van der Waals surface area contributed by atoms with E-state index in [4.69, 9.17) is 0 Å². The molecule has 0 saturated carbocycles. The molecule has 17 heavy (non-hydrogen) atoms. The molecule has 0 radical (unpaired) electrons. The van der Waals surface area contributed by atoms with Crippen LogP contribution in [0.4, 0.5) is 0 Å². The summed E-state index contributed by atoms with van der Waals surface area (Å²) in [5.41, 5.74) is 0.530. The number of hydrogen-bond donors (Lipinski definition) is 1. The van der Waals surface area contributed by atoms with E-state index in [2.05, 4.69) is 51.9 Å². The lowest BCUT2D eigenvalue weighted by Gasteiger charge is -2.49. The molecule has 0 bridgehead atoms. The van der Waals surface area contributed by atoms with Gasteiger partial charge >= 0.3 is 0 Å². The molecule has 102 valence electrons. The molecule has 0 spiro atoms. The van der Waals surface area contributed by atoms with Gasteiger partial charge in [0.05, 0.1) is 0 Å². The van der Waals surface area contributed by atoms with Crippen LogP contribution in [0.1, 0.15) is 60.3 Å². The van der Waals surface area contributed by atoms with Crippen LogP contribution in [0, 0.1) is 5.41 Å². The van der Waals surface area contributed by atoms with Crippen LogP contribution in [0.5, 0.6) is 0 Å². The van der Waals surface area contributed by atoms with Crippen molar-refractivity contribution < 1.29 is 0 Å². The van der Waals surface area contributed by atoms with E-state index in [1.54, 1.807) is 0 Å². The highest BCUT2D eigenvalue weighted by Crippen LogP contribution is 2.33. The lowest BCUT2D eigenvalue weighted by atomic mass is 9.75. The van der Waals surface area contributed by atoms with E-state index >= 15 is 0 Å². The minimum Gasteiger partial charge on any atom is -0.315 e. The SMILES string of the molecule is CNC(C(C)(C)C)C(C)(C)N1CCCCCC1. The van der Waals surface area contributed by atoms with E-state index in [-0.39, 0.29) is 5.54 Å². The molecule has 1 fully saturated rings. The van der Waals surface area contributed by atoms with Crippen LogP contribution in [0.15, 0.2) is 0 Å². The largest absolute Gasteiger partial charge is 0.315 e. The van der Waals surface area contributed by atoms with E-state index in [1.807, 2.05) is 0 Å². The summed E-state index contributed by atoms with van der Waals surface area (Å²) < 4.78 is 0. The average Bonchev–Trinajstić information content (AvgIpc) is 2.43. The van der Waals surface area contributed by atoms with E-state index in [1.165, 1.54) is 38.8 Å². The number of rotatable bonds is 3. The normalized spacial score (nSPS) is 22.2. The van der Waals surface area contributed by atoms with Crippen molar-refractivity contribution in [1.82, 2.24) is 10.2 Å². The lowest BCUT2D eigenvalue weighted by molar-refractivity contribution is 0.0407. The van der Waals surface area contributed by atoms with Crippen LogP contribution >= 0.6 is 0 Å². The van der Waals surface area contributed by atoms with Crippen LogP contribution < -0.4 is 5.32 Å². The number of nitrogens with zero attached hydrogens (tertiary/aromatic N) is 1. The quantitative estimate of drug-likeness (QED) is 0.814. The molecular weight excluding hydrogens is 208 g/mol. The van der Waals surface area contributed by atoms with Crippen LogP contribution in [0.3, 0.4) is 0 Å². The first-order valence-electron chi connectivity index (χ1n) is 7.22. The Hall–Kier alpha value is -0.0800. The standard InChI is InChI=1S/C15H32N2/c1-14(2,3)13(16-6)15(4,5)17-11-9-7-8-10-12-17/h13,16H,7-12H2,1-6H3. The van der Waals surface area contributed by atoms with Gasteiger partial charge in [-0.15, -0.1) is 0 Å². The van der Waals surface area contributed by atoms with Gasteiger partial charge in [0.2, 0.25) is 0 Å². The smallest absolute Gasteiger partial charge is 0.0311 e. The van der Waals surface area contributed by atoms with Crippen molar-refractivity contribution >= 4 is 0 Å². The fourth-order valence-electron chi connectivity index (χ4n) is 3.68. The Kier molecular flexibility index (Phi) is 5.03. The summed E-state index contributed by atoms with van der Waals surface area (Å²) in [5.74, 6) is 0. The maximum atomic E-state index is 3.56. The molecule has 0 aliphatic carbocycles. The lowest BCUT2D eigenvalue weighted by Crippen LogP contribution is -2.61. The second-order valence-corrected chi connectivity index (χ2v) is 7.14. The molecule has 2 nitrogen and oxygen atoms in total. The van der Waals surface area contributed by atoms with Gasteiger partial charge in [0.25, 0.3) is 0 Å². The molecule has 1 atom stereocenters. The summed E-state index contributed by atoms with van der Waals surface area (Å²) in [7, 11) is 2.11. The van der Waals surface area contributed by atoms with Gasteiger partial charge in [-0.1, -0.05) is 33.6 Å². The Morgan fingerprint density at radius 1 is 0.882 bits per heavy atom. The number of likely N-dealkylation sites (tertiary alicyclic amines) is 1. The summed E-state index contributed by atoms with van der Waals surface area (Å²) in [6.07, 6.45) is 5.55. The van der Waals surface area contributed by atoms with Crippen LogP contribution in [0.25, 0.3) is 0 Å². The van der Waals surface area contributed by atoms with Crippen molar-refractivity contribution in [2.75, 3.05) is 20.1 Å². The summed E-state index contributed by atoms with van der Waals surface area (Å²) in [4.78, 5) is 2.70. The Morgan fingerprint density at radius 3 is 1.71 bits per heavy atom. The first kappa shape index (κ1) is 15.0. The molecule has 1 heterocycles. The summed E-state index contributed by atoms with van der Waals surface area (Å²) >= 11 is 0. The molecule has 1 saturated heterocycles. The van der Waals surface area contributed by atoms with Crippen LogP contribution in [-0.2, 0) is 0 Å². The third-order valence-corrected chi connectivity index (χ3v) is 4.28. The maximum Gasteiger partial charge on any atom is 0.0311 e. The van der Waals surface area contributed by atoms with Gasteiger partial charge in [-0.2, -0.15) is 0 Å². The van der Waals surface area contributed by atoms with Gasteiger partial charge in [0.15, 0.2) is 0 Å². The minimum atomic E-state index is 0.233. The molecule has 0 aromatic heterocycles. The predicted octanol–water partition coefficient (Wildman–Crippen LogP) is 3.28. The second kappa shape index (κ2) is 5.71. The van der Waals surface area contributed by atoms with E-state index in [9.17, 15) is 0 Å². The fraction of sp³-hybridized carbons (Fsp3) is 1.00. The molecule has 0 aromatic carbocycles. The third kappa shape index (κ3) is 3.69. The fourth-order valence-corrected chi connectivity index (χ4v) is 3.68. The Labute approximate surface area is 108 Å². The molecule has 0 amide bonds. The summed E-state index contributed by atoms with van der Waals surface area (Å²) in [6, 6.07) is 0.521. The van der Waals surface area contributed by atoms with Gasteiger partial charge in [-0.25, -0.2) is 0 Å². The molecule has 1 rings (SSSR count). The monoisotopic (exact) mass is 240 g/mol. The highest BCUT2D eigenvalue weighted by Gasteiger charge is 2.40. The third-order valence-electron chi connectivity index (χ3n) is 4.28. The first-order valence-corrected chi connectivity index (χ1v) is 7.22. The molecule has 1 aliphatic rings. The zero-order chi connectivity index (χ0) is 13.1. The first-order chi connectivity index (χ1) is 7.80. The maximum absolute atomic E-state index is 3.56. The van der Waals surface area contributed by atoms with E-state index in [0.717, 1.165) is 0 Å². The van der Waals surface area contributed by atoms with Crippen molar-refractivity contribution in [2.24, 2.45) is 5.41 Å². The molecule has 0 aromatic rings. The number of nitrogens with one attached hydrogen (secondary N) is 1. The number of likely N-dealkylation sites (N-methyl/N-ethyl adjacent to an activating group) is 1. The topological polar surface area (TPSA) is 15.3 Å². The van der Waals surface area contributed by atoms with E-state index < -0.39 is 0 Å². The van der Waals surface area contributed by atoms with Gasteiger partial charge < -0.3 is 5.32 Å². The minimum absolute atomic E-state index is 0.233. The van der Waals surface area contributed by atoms with E-state index in [0.29, 0.717) is 11.5 Å². The zero-order valence-corrected chi connectivity index (χ0v) is 12.8. The highest BCUT2D eigenvalue weighted by molar-refractivity contribution is 4.99. The molecule has 2 heteroatoms. The van der Waals surface area contributed by atoms with Crippen molar-refractivity contribution in [3.05, 3.63) is 0 Å². The van der Waals surface area contributed by atoms with Gasteiger partial charge in [0.1, 0.15) is 0 Å². The Morgan fingerprint density at radius 2 is 1.35 bits per heavy atom. The molecule has 1 N–H and O–H groups in total. The Bertz CT molecular complexity index is 220. The van der Waals surface area contributed by atoms with Crippen molar-refractivity contribution in [2.45, 2.75) is 71.9 Å². The zero-order valence-electron chi connectivity index (χ0n) is 12.8. The molecule has 1 unspecified atom stereocenters. The van der Waals surface area contributed by atoms with Gasteiger partial charge in [-0.3, -0.25) is 4.90 Å². The van der Waals surface area contributed by atoms with Crippen molar-refractivity contribution in [3.63, 3.8) is 0 Å². The molecular formula is C15H32N2. The average molecular weight is 240 g/mol. The van der Waals surface area contributed by atoms with Gasteiger partial charge in [-0.05, 0) is 52.2 Å². The highest BCUT2D eigenvalue weighted by atomic mass is 15.2.